The summed E-state index contributed by atoms with van der Waals surface area (Å²) in [6, 6.07) is -0.490. The lowest BCUT2D eigenvalue weighted by Crippen LogP contribution is -2.45. The lowest BCUT2D eigenvalue weighted by molar-refractivity contribution is -0.139. The molecule has 1 aliphatic heterocycles. The molecule has 0 amide bonds. The molecule has 70 valence electrons. The third-order valence-electron chi connectivity index (χ3n) is 1.95. The van der Waals surface area contributed by atoms with E-state index in [2.05, 4.69) is 5.32 Å². The molecule has 0 radical (unpaired) electrons. The van der Waals surface area contributed by atoms with Gasteiger partial charge in [-0.25, -0.2) is 0 Å². The highest BCUT2D eigenvalue weighted by Gasteiger charge is 2.44. The lowest BCUT2D eigenvalue weighted by atomic mass is 10.0. The van der Waals surface area contributed by atoms with Crippen molar-refractivity contribution in [3.8, 4) is 0 Å². The van der Waals surface area contributed by atoms with Crippen LogP contribution in [0.1, 0.15) is 13.8 Å². The van der Waals surface area contributed by atoms with Gasteiger partial charge < -0.3 is 10.8 Å². The van der Waals surface area contributed by atoms with E-state index in [1.807, 2.05) is 13.8 Å². The van der Waals surface area contributed by atoms with Crippen LogP contribution in [0.15, 0.2) is 0 Å². The van der Waals surface area contributed by atoms with Crippen molar-refractivity contribution >= 4 is 17.7 Å². The summed E-state index contributed by atoms with van der Waals surface area (Å²) in [5.41, 5.74) is 5.44. The number of rotatable bonds is 2. The predicted molar refractivity (Wildman–Crippen MR) is 49.1 cm³/mol. The van der Waals surface area contributed by atoms with E-state index in [1.54, 1.807) is 11.8 Å². The quantitative estimate of drug-likeness (QED) is 0.564. The molecule has 12 heavy (non-hydrogen) atoms. The number of carboxylic acid groups (broad SMARTS) is 1. The fourth-order valence-electron chi connectivity index (χ4n) is 1.34. The minimum atomic E-state index is -0.802. The highest BCUT2D eigenvalue weighted by molar-refractivity contribution is 8.01. The lowest BCUT2D eigenvalue weighted by Gasteiger charge is -2.20. The highest BCUT2D eigenvalue weighted by atomic mass is 32.2. The van der Waals surface area contributed by atoms with Crippen LogP contribution in [-0.2, 0) is 4.79 Å². The van der Waals surface area contributed by atoms with E-state index in [0.717, 1.165) is 0 Å². The van der Waals surface area contributed by atoms with Crippen LogP contribution in [0.5, 0.6) is 0 Å². The van der Waals surface area contributed by atoms with Crippen molar-refractivity contribution in [1.82, 2.24) is 5.32 Å². The Morgan fingerprint density at radius 1 is 1.75 bits per heavy atom. The van der Waals surface area contributed by atoms with Crippen LogP contribution in [0.3, 0.4) is 0 Å². The Hall–Kier alpha value is -0.260. The molecule has 4 nitrogen and oxygen atoms in total. The van der Waals surface area contributed by atoms with E-state index in [9.17, 15) is 4.79 Å². The smallest absolute Gasteiger partial charge is 0.322 e. The van der Waals surface area contributed by atoms with Crippen molar-refractivity contribution in [3.63, 3.8) is 0 Å². The van der Waals surface area contributed by atoms with E-state index in [1.165, 1.54) is 0 Å². The van der Waals surface area contributed by atoms with Gasteiger partial charge in [-0.2, -0.15) is 0 Å². The summed E-state index contributed by atoms with van der Waals surface area (Å²) in [5.74, 6) is -0.802. The SMILES string of the molecule is CC1(C)S[C@@H](CN)N[C@H]1C(=O)O. The molecule has 0 aromatic carbocycles. The van der Waals surface area contributed by atoms with Gasteiger partial charge >= 0.3 is 5.97 Å². The first-order valence-electron chi connectivity index (χ1n) is 3.84. The Kier molecular flexibility index (Phi) is 2.65. The molecule has 0 aliphatic carbocycles. The maximum absolute atomic E-state index is 10.8. The number of nitrogens with two attached hydrogens (primary N) is 1. The Morgan fingerprint density at radius 3 is 2.58 bits per heavy atom. The molecule has 0 aromatic heterocycles. The summed E-state index contributed by atoms with van der Waals surface area (Å²) < 4.78 is -0.268. The second-order valence-electron chi connectivity index (χ2n) is 3.38. The van der Waals surface area contributed by atoms with Gasteiger partial charge in [0.25, 0.3) is 0 Å². The maximum atomic E-state index is 10.8. The average molecular weight is 190 g/mol. The second kappa shape index (κ2) is 3.24. The van der Waals surface area contributed by atoms with E-state index >= 15 is 0 Å². The Morgan fingerprint density at radius 2 is 2.33 bits per heavy atom. The molecular formula is C7H14N2O2S. The number of aliphatic carboxylic acids is 1. The average Bonchev–Trinajstić information content (AvgIpc) is 2.25. The number of hydrogen-bond acceptors (Lipinski definition) is 4. The fourth-order valence-corrected chi connectivity index (χ4v) is 2.68. The van der Waals surface area contributed by atoms with Gasteiger partial charge in [-0.05, 0) is 13.8 Å². The molecule has 2 atom stereocenters. The van der Waals surface area contributed by atoms with E-state index in [-0.39, 0.29) is 10.1 Å². The normalized spacial score (nSPS) is 33.6. The molecule has 1 rings (SSSR count). The van der Waals surface area contributed by atoms with Gasteiger partial charge in [0.2, 0.25) is 0 Å². The van der Waals surface area contributed by atoms with Gasteiger partial charge in [-0.1, -0.05) is 0 Å². The summed E-state index contributed by atoms with van der Waals surface area (Å²) in [6.45, 7) is 4.30. The molecular weight excluding hydrogens is 176 g/mol. The standard InChI is InChI=1S/C7H14N2O2S/c1-7(2)5(6(10)11)9-4(3-8)12-7/h4-5,9H,3,8H2,1-2H3,(H,10,11)/t4-,5-/m0/s1. The highest BCUT2D eigenvalue weighted by Crippen LogP contribution is 2.37. The zero-order valence-corrected chi connectivity index (χ0v) is 8.02. The minimum Gasteiger partial charge on any atom is -0.480 e. The van der Waals surface area contributed by atoms with Crippen LogP contribution in [0.2, 0.25) is 0 Å². The van der Waals surface area contributed by atoms with Crippen LogP contribution < -0.4 is 11.1 Å². The number of nitrogens with one attached hydrogen (secondary N) is 1. The number of carbonyl (C=O) groups is 1. The molecule has 0 unspecified atom stereocenters. The van der Waals surface area contributed by atoms with Gasteiger partial charge in [0, 0.05) is 11.3 Å². The van der Waals surface area contributed by atoms with Crippen LogP contribution in [0.4, 0.5) is 0 Å². The fraction of sp³-hybridized carbons (Fsp3) is 0.857. The zero-order chi connectivity index (χ0) is 9.35. The van der Waals surface area contributed by atoms with Crippen molar-refractivity contribution in [3.05, 3.63) is 0 Å². The predicted octanol–water partition coefficient (Wildman–Crippen LogP) is -0.161. The van der Waals surface area contributed by atoms with Crippen molar-refractivity contribution in [2.75, 3.05) is 6.54 Å². The Labute approximate surface area is 75.9 Å². The molecule has 1 saturated heterocycles. The molecule has 1 fully saturated rings. The first-order valence-corrected chi connectivity index (χ1v) is 4.72. The molecule has 5 heteroatoms. The van der Waals surface area contributed by atoms with Crippen molar-refractivity contribution in [1.29, 1.82) is 0 Å². The van der Waals surface area contributed by atoms with Crippen LogP contribution in [0, 0.1) is 0 Å². The summed E-state index contributed by atoms with van der Waals surface area (Å²) >= 11 is 1.59. The molecule has 1 aliphatic rings. The minimum absolute atomic E-state index is 0.0705. The molecule has 0 saturated carbocycles. The van der Waals surface area contributed by atoms with E-state index in [0.29, 0.717) is 6.54 Å². The Balaban J connectivity index is 2.70. The summed E-state index contributed by atoms with van der Waals surface area (Å²) in [4.78, 5) is 10.8. The Bertz CT molecular complexity index is 196. The third kappa shape index (κ3) is 1.73. The maximum Gasteiger partial charge on any atom is 0.322 e. The van der Waals surface area contributed by atoms with E-state index in [4.69, 9.17) is 10.8 Å². The van der Waals surface area contributed by atoms with Gasteiger partial charge in [-0.3, -0.25) is 10.1 Å². The van der Waals surface area contributed by atoms with Crippen LogP contribution in [-0.4, -0.2) is 33.8 Å². The van der Waals surface area contributed by atoms with Crippen molar-refractivity contribution < 1.29 is 9.90 Å². The molecule has 0 aromatic rings. The monoisotopic (exact) mass is 190 g/mol. The topological polar surface area (TPSA) is 75.3 Å². The van der Waals surface area contributed by atoms with E-state index < -0.39 is 12.0 Å². The van der Waals surface area contributed by atoms with Gasteiger partial charge in [0.05, 0.1) is 5.37 Å². The molecule has 0 bridgehead atoms. The summed E-state index contributed by atoms with van der Waals surface area (Å²) in [5, 5.41) is 11.9. The molecule has 4 N–H and O–H groups in total. The molecule has 1 heterocycles. The first-order chi connectivity index (χ1) is 5.47. The first kappa shape index (κ1) is 9.83. The molecule has 0 spiro atoms. The van der Waals surface area contributed by atoms with Crippen LogP contribution >= 0.6 is 11.8 Å². The van der Waals surface area contributed by atoms with Crippen molar-refractivity contribution in [2.24, 2.45) is 5.73 Å². The van der Waals surface area contributed by atoms with Crippen molar-refractivity contribution in [2.45, 2.75) is 30.0 Å². The number of hydrogen-bond donors (Lipinski definition) is 3. The van der Waals surface area contributed by atoms with Gasteiger partial charge in [0.15, 0.2) is 0 Å². The summed E-state index contributed by atoms with van der Waals surface area (Å²) in [7, 11) is 0. The van der Waals surface area contributed by atoms with Gasteiger partial charge in [-0.15, -0.1) is 11.8 Å². The van der Waals surface area contributed by atoms with Gasteiger partial charge in [0.1, 0.15) is 6.04 Å². The zero-order valence-electron chi connectivity index (χ0n) is 7.20. The largest absolute Gasteiger partial charge is 0.480 e. The number of thioether (sulfide) groups is 1. The van der Waals surface area contributed by atoms with Crippen LogP contribution in [0.25, 0.3) is 0 Å². The third-order valence-corrected chi connectivity index (χ3v) is 3.41. The second-order valence-corrected chi connectivity index (χ2v) is 5.24. The number of carboxylic acids is 1. The summed E-state index contributed by atoms with van der Waals surface area (Å²) in [6.07, 6.45) is 0.